The molecule has 22 heavy (non-hydrogen) atoms. The van der Waals surface area contributed by atoms with E-state index in [1.165, 1.54) is 61.8 Å². The summed E-state index contributed by atoms with van der Waals surface area (Å²) in [5.41, 5.74) is 5.86. The van der Waals surface area contributed by atoms with Gasteiger partial charge in [0.1, 0.15) is 6.07 Å². The Bertz CT molecular complexity index is 540. The van der Waals surface area contributed by atoms with Crippen LogP contribution >= 0.6 is 0 Å². The van der Waals surface area contributed by atoms with Crippen LogP contribution in [0.1, 0.15) is 99.2 Å². The molecule has 1 atom stereocenters. The van der Waals surface area contributed by atoms with Gasteiger partial charge in [0.2, 0.25) is 0 Å². The Hall–Kier alpha value is -1.36. The average molecular weight is 298 g/mol. The molecular formula is C20H30N2. The molecule has 1 aliphatic carbocycles. The van der Waals surface area contributed by atoms with Crippen LogP contribution in [0.25, 0.3) is 0 Å². The third-order valence-electron chi connectivity index (χ3n) is 5.15. The van der Waals surface area contributed by atoms with Gasteiger partial charge in [-0.15, -0.1) is 0 Å². The first-order valence-corrected chi connectivity index (χ1v) is 9.15. The van der Waals surface area contributed by atoms with Crippen LogP contribution in [0.15, 0.2) is 0 Å². The van der Waals surface area contributed by atoms with E-state index in [9.17, 15) is 5.26 Å². The van der Waals surface area contributed by atoms with Gasteiger partial charge in [0.25, 0.3) is 0 Å². The van der Waals surface area contributed by atoms with Gasteiger partial charge in [-0.1, -0.05) is 46.0 Å². The molecular weight excluding hydrogens is 268 g/mol. The maximum atomic E-state index is 9.67. The molecule has 2 heteroatoms. The van der Waals surface area contributed by atoms with Gasteiger partial charge in [0, 0.05) is 11.6 Å². The number of unbranched alkanes of at least 4 members (excludes halogenated alkanes) is 4. The van der Waals surface area contributed by atoms with Crippen LogP contribution in [0.5, 0.6) is 0 Å². The molecule has 2 nitrogen and oxygen atoms in total. The number of hydrogen-bond donors (Lipinski definition) is 0. The van der Waals surface area contributed by atoms with Crippen LogP contribution in [-0.2, 0) is 12.8 Å². The van der Waals surface area contributed by atoms with Crippen LogP contribution in [0.3, 0.4) is 0 Å². The van der Waals surface area contributed by atoms with Gasteiger partial charge in [0.05, 0.1) is 11.3 Å². The minimum Gasteiger partial charge on any atom is -0.256 e. The first kappa shape index (κ1) is 17.0. The van der Waals surface area contributed by atoms with Crippen molar-refractivity contribution in [3.8, 4) is 6.07 Å². The molecule has 0 saturated carbocycles. The predicted molar refractivity (Wildman–Crippen MR) is 92.1 cm³/mol. The lowest BCUT2D eigenvalue weighted by molar-refractivity contribution is 0.525. The van der Waals surface area contributed by atoms with Gasteiger partial charge < -0.3 is 0 Å². The molecule has 120 valence electrons. The molecule has 0 spiro atoms. The van der Waals surface area contributed by atoms with Gasteiger partial charge in [0.15, 0.2) is 0 Å². The Labute approximate surface area is 136 Å². The monoisotopic (exact) mass is 298 g/mol. The molecule has 0 amide bonds. The van der Waals surface area contributed by atoms with E-state index in [1.54, 1.807) is 0 Å². The summed E-state index contributed by atoms with van der Waals surface area (Å²) in [5.74, 6) is 0.459. The lowest BCUT2D eigenvalue weighted by atomic mass is 9.89. The fourth-order valence-corrected chi connectivity index (χ4v) is 3.83. The number of aromatic nitrogens is 1. The summed E-state index contributed by atoms with van der Waals surface area (Å²) in [5, 5.41) is 9.67. The minimum atomic E-state index is 0.459. The summed E-state index contributed by atoms with van der Waals surface area (Å²) in [6.07, 6.45) is 12.2. The number of nitrogens with zero attached hydrogens (tertiary/aromatic N) is 2. The first-order chi connectivity index (χ1) is 10.7. The molecule has 0 radical (unpaired) electrons. The number of rotatable bonds is 8. The second-order valence-electron chi connectivity index (χ2n) is 6.69. The fourth-order valence-electron chi connectivity index (χ4n) is 3.83. The molecule has 1 aromatic heterocycles. The van der Waals surface area contributed by atoms with E-state index in [-0.39, 0.29) is 0 Å². The molecule has 1 aromatic rings. The lowest BCUT2D eigenvalue weighted by Crippen LogP contribution is -2.09. The number of pyridine rings is 1. The summed E-state index contributed by atoms with van der Waals surface area (Å²) in [4.78, 5) is 4.88. The van der Waals surface area contributed by atoms with Crippen molar-refractivity contribution in [3.05, 3.63) is 28.1 Å². The van der Waals surface area contributed by atoms with E-state index in [1.807, 2.05) is 0 Å². The zero-order chi connectivity index (χ0) is 15.9. The van der Waals surface area contributed by atoms with E-state index in [4.69, 9.17) is 4.98 Å². The van der Waals surface area contributed by atoms with Gasteiger partial charge in [-0.2, -0.15) is 5.26 Å². The number of fused-ring (bicyclic) bond motifs is 1. The largest absolute Gasteiger partial charge is 0.256 e. The Balaban J connectivity index is 2.15. The quantitative estimate of drug-likeness (QED) is 0.585. The van der Waals surface area contributed by atoms with Crippen molar-refractivity contribution in [3.63, 3.8) is 0 Å². The normalized spacial score (nSPS) is 14.6. The van der Waals surface area contributed by atoms with Gasteiger partial charge in [-0.25, -0.2) is 0 Å². The van der Waals surface area contributed by atoms with Crippen LogP contribution in [0.2, 0.25) is 0 Å². The van der Waals surface area contributed by atoms with Crippen LogP contribution in [0, 0.1) is 18.3 Å². The predicted octanol–water partition coefficient (Wildman–Crippen LogP) is 5.60. The summed E-state index contributed by atoms with van der Waals surface area (Å²) >= 11 is 0. The molecule has 0 bridgehead atoms. The lowest BCUT2D eigenvalue weighted by Gasteiger charge is -2.19. The molecule has 1 heterocycles. The highest BCUT2D eigenvalue weighted by molar-refractivity contribution is 5.50. The van der Waals surface area contributed by atoms with E-state index >= 15 is 0 Å². The maximum absolute atomic E-state index is 9.67. The van der Waals surface area contributed by atoms with Crippen molar-refractivity contribution in [2.45, 2.75) is 90.9 Å². The van der Waals surface area contributed by atoms with Gasteiger partial charge in [-0.05, 0) is 50.2 Å². The third-order valence-corrected chi connectivity index (χ3v) is 5.15. The van der Waals surface area contributed by atoms with Gasteiger partial charge in [-0.3, -0.25) is 4.98 Å². The SMILES string of the molecule is CCCCCCCC(CC)c1nc(C)c2c(c1C#N)CCC2. The fraction of sp³-hybridized carbons (Fsp3) is 0.700. The van der Waals surface area contributed by atoms with E-state index in [0.29, 0.717) is 5.92 Å². The number of hydrogen-bond acceptors (Lipinski definition) is 2. The van der Waals surface area contributed by atoms with E-state index in [0.717, 1.165) is 30.5 Å². The standard InChI is InChI=1S/C20H30N2/c1-4-6-7-8-9-11-16(5-2)20-19(14-21)18-13-10-12-17(18)15(3)22-20/h16H,4-13H2,1-3H3. The Morgan fingerprint density at radius 3 is 2.50 bits per heavy atom. The van der Waals surface area contributed by atoms with Crippen molar-refractivity contribution < 1.29 is 0 Å². The molecule has 0 aliphatic heterocycles. The Morgan fingerprint density at radius 2 is 1.82 bits per heavy atom. The van der Waals surface area contributed by atoms with Crippen molar-refractivity contribution >= 4 is 0 Å². The molecule has 2 rings (SSSR count). The van der Waals surface area contributed by atoms with Crippen molar-refractivity contribution in [1.29, 1.82) is 5.26 Å². The number of aryl methyl sites for hydroxylation is 1. The van der Waals surface area contributed by atoms with Crippen LogP contribution in [-0.4, -0.2) is 4.98 Å². The molecule has 1 unspecified atom stereocenters. The van der Waals surface area contributed by atoms with Crippen molar-refractivity contribution in [1.82, 2.24) is 4.98 Å². The topological polar surface area (TPSA) is 36.7 Å². The summed E-state index contributed by atoms with van der Waals surface area (Å²) in [6.45, 7) is 6.62. The van der Waals surface area contributed by atoms with Crippen molar-refractivity contribution in [2.75, 3.05) is 0 Å². The Kier molecular flexibility index (Phi) is 6.43. The molecule has 1 aliphatic rings. The Morgan fingerprint density at radius 1 is 1.09 bits per heavy atom. The zero-order valence-corrected chi connectivity index (χ0v) is 14.5. The summed E-state index contributed by atoms with van der Waals surface area (Å²) < 4.78 is 0. The van der Waals surface area contributed by atoms with Crippen molar-refractivity contribution in [2.24, 2.45) is 0 Å². The first-order valence-electron chi connectivity index (χ1n) is 9.15. The second kappa shape index (κ2) is 8.32. The highest BCUT2D eigenvalue weighted by Crippen LogP contribution is 2.34. The molecule has 0 N–H and O–H groups in total. The third kappa shape index (κ3) is 3.69. The van der Waals surface area contributed by atoms with Crippen LogP contribution in [0.4, 0.5) is 0 Å². The van der Waals surface area contributed by atoms with Gasteiger partial charge >= 0.3 is 0 Å². The second-order valence-corrected chi connectivity index (χ2v) is 6.69. The number of nitriles is 1. The molecule has 0 saturated heterocycles. The van der Waals surface area contributed by atoms with E-state index in [2.05, 4.69) is 26.8 Å². The summed E-state index contributed by atoms with van der Waals surface area (Å²) in [7, 11) is 0. The highest BCUT2D eigenvalue weighted by atomic mass is 14.7. The molecule has 0 fully saturated rings. The maximum Gasteiger partial charge on any atom is 0.101 e. The zero-order valence-electron chi connectivity index (χ0n) is 14.5. The minimum absolute atomic E-state index is 0.459. The van der Waals surface area contributed by atoms with E-state index < -0.39 is 0 Å². The highest BCUT2D eigenvalue weighted by Gasteiger charge is 2.24. The molecule has 0 aromatic carbocycles. The summed E-state index contributed by atoms with van der Waals surface area (Å²) in [6, 6.07) is 2.49. The average Bonchev–Trinajstić information content (AvgIpc) is 3.01. The smallest absolute Gasteiger partial charge is 0.101 e. The van der Waals surface area contributed by atoms with Crippen LogP contribution < -0.4 is 0 Å².